The van der Waals surface area contributed by atoms with Gasteiger partial charge in [-0.05, 0) is 5.41 Å². The van der Waals surface area contributed by atoms with Gasteiger partial charge in [-0.3, -0.25) is 9.59 Å². The van der Waals surface area contributed by atoms with Crippen LogP contribution in [0, 0.1) is 24.2 Å². The molecule has 3 aliphatic heterocycles. The molecule has 0 N–H and O–H groups in total. The molecule has 0 radical (unpaired) electrons. The topological polar surface area (TPSA) is 88.8 Å². The largest absolute Gasteiger partial charge is 0.424 e. The number of aromatic nitrogens is 2. The summed E-state index contributed by atoms with van der Waals surface area (Å²) >= 11 is 0. The fraction of sp³-hybridized carbons (Fsp3) is 0.684. The van der Waals surface area contributed by atoms with Crippen molar-refractivity contribution in [2.75, 3.05) is 20.1 Å². The highest BCUT2D eigenvalue weighted by atomic mass is 16.5. The van der Waals surface area contributed by atoms with E-state index in [9.17, 15) is 9.59 Å². The monoisotopic (exact) mass is 374 g/mol. The van der Waals surface area contributed by atoms with Crippen molar-refractivity contribution in [3.8, 4) is 0 Å². The molecular formula is C19H26N4O4. The lowest BCUT2D eigenvalue weighted by Crippen LogP contribution is -2.45. The van der Waals surface area contributed by atoms with Crippen LogP contribution in [0.1, 0.15) is 32.6 Å². The van der Waals surface area contributed by atoms with E-state index in [-0.39, 0.29) is 29.9 Å². The number of aryl methyl sites for hydroxylation is 1. The van der Waals surface area contributed by atoms with Gasteiger partial charge in [0, 0.05) is 20.5 Å². The maximum absolute atomic E-state index is 13.2. The third-order valence-electron chi connectivity index (χ3n) is 5.45. The van der Waals surface area contributed by atoms with Crippen molar-refractivity contribution in [3.63, 3.8) is 0 Å². The predicted octanol–water partition coefficient (Wildman–Crippen LogP) is 1.16. The lowest BCUT2D eigenvalue weighted by molar-refractivity contribution is -0.143. The minimum absolute atomic E-state index is 0.0113. The third kappa shape index (κ3) is 2.96. The summed E-state index contributed by atoms with van der Waals surface area (Å²) < 4.78 is 11.5. The Labute approximate surface area is 158 Å². The number of fused-ring (bicyclic) bond motifs is 1. The highest BCUT2D eigenvalue weighted by Crippen LogP contribution is 2.52. The molecule has 3 aliphatic rings. The van der Waals surface area contributed by atoms with E-state index in [1.54, 1.807) is 18.9 Å². The summed E-state index contributed by atoms with van der Waals surface area (Å²) in [5.41, 5.74) is -0.686. The average Bonchev–Trinajstić information content (AvgIpc) is 3.28. The first kappa shape index (κ1) is 18.2. The second kappa shape index (κ2) is 5.89. The van der Waals surface area contributed by atoms with Crippen LogP contribution < -0.4 is 0 Å². The van der Waals surface area contributed by atoms with Gasteiger partial charge in [0.2, 0.25) is 23.6 Å². The second-order valence-corrected chi connectivity index (χ2v) is 9.06. The van der Waals surface area contributed by atoms with Crippen molar-refractivity contribution in [1.82, 2.24) is 20.0 Å². The van der Waals surface area contributed by atoms with E-state index in [2.05, 4.69) is 31.0 Å². The van der Waals surface area contributed by atoms with Gasteiger partial charge in [-0.15, -0.1) is 10.2 Å². The maximum Gasteiger partial charge on any atom is 0.235 e. The summed E-state index contributed by atoms with van der Waals surface area (Å²) in [5.74, 6) is -0.254. The van der Waals surface area contributed by atoms with Crippen molar-refractivity contribution in [2.24, 2.45) is 17.3 Å². The molecule has 2 bridgehead atoms. The molecule has 146 valence electrons. The molecule has 2 amide bonds. The van der Waals surface area contributed by atoms with Crippen LogP contribution in [-0.4, -0.2) is 63.7 Å². The fourth-order valence-electron chi connectivity index (χ4n) is 4.50. The molecule has 1 aromatic rings. The van der Waals surface area contributed by atoms with Crippen LogP contribution in [-0.2, 0) is 20.9 Å². The van der Waals surface area contributed by atoms with Gasteiger partial charge in [0.15, 0.2) is 0 Å². The molecule has 1 spiro atoms. The molecule has 4 heterocycles. The number of hydrogen-bond acceptors (Lipinski definition) is 6. The van der Waals surface area contributed by atoms with Crippen molar-refractivity contribution in [2.45, 2.75) is 45.9 Å². The summed E-state index contributed by atoms with van der Waals surface area (Å²) in [6.45, 7) is 9.37. The van der Waals surface area contributed by atoms with Gasteiger partial charge >= 0.3 is 0 Å². The van der Waals surface area contributed by atoms with E-state index < -0.39 is 17.4 Å². The van der Waals surface area contributed by atoms with E-state index in [0.29, 0.717) is 24.9 Å². The van der Waals surface area contributed by atoms with E-state index in [4.69, 9.17) is 9.15 Å². The molecule has 2 saturated heterocycles. The number of likely N-dealkylation sites (tertiary alicyclic amines) is 1. The van der Waals surface area contributed by atoms with E-state index >= 15 is 0 Å². The molecule has 8 heteroatoms. The Morgan fingerprint density at radius 3 is 2.78 bits per heavy atom. The van der Waals surface area contributed by atoms with Crippen LogP contribution in [0.15, 0.2) is 16.6 Å². The zero-order valence-corrected chi connectivity index (χ0v) is 16.4. The molecule has 8 nitrogen and oxygen atoms in total. The quantitative estimate of drug-likeness (QED) is 0.735. The van der Waals surface area contributed by atoms with Crippen molar-refractivity contribution in [1.29, 1.82) is 0 Å². The van der Waals surface area contributed by atoms with Crippen molar-refractivity contribution < 1.29 is 18.7 Å². The Kier molecular flexibility index (Phi) is 3.96. The Morgan fingerprint density at radius 2 is 2.15 bits per heavy atom. The fourth-order valence-corrected chi connectivity index (χ4v) is 4.50. The minimum Gasteiger partial charge on any atom is -0.424 e. The number of hydrogen-bond donors (Lipinski definition) is 0. The number of carbonyl (C=O) groups excluding carboxylic acids is 2. The SMILES string of the molecule is Cc1nnc(CN(C)C(=O)[C@H]2[C@@H]3C=C[C@@]4(CN(CC(C)(C)C)C(=O)[C@@H]24)O3)o1. The Balaban J connectivity index is 1.54. The van der Waals surface area contributed by atoms with Crippen LogP contribution in [0.25, 0.3) is 0 Å². The van der Waals surface area contributed by atoms with E-state index in [1.165, 1.54) is 0 Å². The molecule has 0 unspecified atom stereocenters. The number of rotatable bonds is 4. The molecule has 0 aliphatic carbocycles. The van der Waals surface area contributed by atoms with Crippen LogP contribution in [0.5, 0.6) is 0 Å². The average molecular weight is 374 g/mol. The lowest BCUT2D eigenvalue weighted by atomic mass is 9.76. The molecular weight excluding hydrogens is 348 g/mol. The van der Waals surface area contributed by atoms with Gasteiger partial charge in [-0.1, -0.05) is 32.9 Å². The van der Waals surface area contributed by atoms with Gasteiger partial charge in [-0.25, -0.2) is 0 Å². The minimum atomic E-state index is -0.671. The molecule has 1 aromatic heterocycles. The molecule has 0 aromatic carbocycles. The van der Waals surface area contributed by atoms with Crippen LogP contribution >= 0.6 is 0 Å². The predicted molar refractivity (Wildman–Crippen MR) is 95.3 cm³/mol. The summed E-state index contributed by atoms with van der Waals surface area (Å²) in [6.07, 6.45) is 3.56. The summed E-state index contributed by atoms with van der Waals surface area (Å²) in [4.78, 5) is 29.7. The number of amides is 2. The van der Waals surface area contributed by atoms with Crippen LogP contribution in [0.4, 0.5) is 0 Å². The van der Waals surface area contributed by atoms with Crippen LogP contribution in [0.2, 0.25) is 0 Å². The van der Waals surface area contributed by atoms with E-state index in [1.807, 2.05) is 17.1 Å². The Hall–Kier alpha value is -2.22. The Morgan fingerprint density at radius 1 is 1.41 bits per heavy atom. The molecule has 2 fully saturated rings. The van der Waals surface area contributed by atoms with Crippen molar-refractivity contribution >= 4 is 11.8 Å². The van der Waals surface area contributed by atoms with Gasteiger partial charge in [0.05, 0.1) is 31.0 Å². The highest BCUT2D eigenvalue weighted by molar-refractivity contribution is 5.93. The number of nitrogens with zero attached hydrogens (tertiary/aromatic N) is 4. The molecule has 4 atom stereocenters. The summed E-state index contributed by atoms with van der Waals surface area (Å²) in [6, 6.07) is 0. The first-order valence-electron chi connectivity index (χ1n) is 9.30. The van der Waals surface area contributed by atoms with Gasteiger partial charge in [-0.2, -0.15) is 0 Å². The van der Waals surface area contributed by atoms with Gasteiger partial charge < -0.3 is 19.0 Å². The van der Waals surface area contributed by atoms with E-state index in [0.717, 1.165) is 0 Å². The summed E-state index contributed by atoms with van der Waals surface area (Å²) in [7, 11) is 1.69. The highest BCUT2D eigenvalue weighted by Gasteiger charge is 2.67. The Bertz CT molecular complexity index is 811. The molecule has 4 rings (SSSR count). The zero-order valence-electron chi connectivity index (χ0n) is 16.4. The number of ether oxygens (including phenoxy) is 1. The van der Waals surface area contributed by atoms with Gasteiger partial charge in [0.25, 0.3) is 0 Å². The second-order valence-electron chi connectivity index (χ2n) is 9.06. The maximum atomic E-state index is 13.2. The smallest absolute Gasteiger partial charge is 0.235 e. The first-order chi connectivity index (χ1) is 12.6. The molecule has 0 saturated carbocycles. The third-order valence-corrected chi connectivity index (χ3v) is 5.45. The van der Waals surface area contributed by atoms with Gasteiger partial charge in [0.1, 0.15) is 5.60 Å². The summed E-state index contributed by atoms with van der Waals surface area (Å²) in [5, 5.41) is 7.74. The molecule has 27 heavy (non-hydrogen) atoms. The standard InChI is InChI=1S/C19H26N4O4/c1-11-20-21-13(26-11)8-22(5)16(24)14-12-6-7-19(27-12)10-23(9-18(2,3)4)17(25)15(14)19/h6-7,12,14-15H,8-10H2,1-5H3/t12-,14-,15+,19-/m0/s1. The normalized spacial score (nSPS) is 31.7. The first-order valence-corrected chi connectivity index (χ1v) is 9.30. The zero-order chi connectivity index (χ0) is 19.6. The number of carbonyl (C=O) groups is 2. The lowest BCUT2D eigenvalue weighted by Gasteiger charge is -2.29. The van der Waals surface area contributed by atoms with Crippen molar-refractivity contribution in [3.05, 3.63) is 23.9 Å². The van der Waals surface area contributed by atoms with Crippen LogP contribution in [0.3, 0.4) is 0 Å².